The highest BCUT2D eigenvalue weighted by Gasteiger charge is 2.40. The number of aliphatic hydroxyl groups excluding tert-OH is 1. The van der Waals surface area contributed by atoms with Crippen molar-refractivity contribution in [2.75, 3.05) is 13.1 Å². The number of likely N-dealkylation sites (tertiary alicyclic amines) is 1. The number of hydrogen-bond acceptors (Lipinski definition) is 4. The van der Waals surface area contributed by atoms with Crippen molar-refractivity contribution in [2.45, 2.75) is 44.2 Å². The Labute approximate surface area is 130 Å². The predicted octanol–water partition coefficient (Wildman–Crippen LogP) is 2.65. The molecule has 1 N–H and O–H groups in total. The van der Waals surface area contributed by atoms with Gasteiger partial charge in [-0.1, -0.05) is 24.3 Å². The Kier molecular flexibility index (Phi) is 3.51. The van der Waals surface area contributed by atoms with Crippen LogP contribution in [0.5, 0.6) is 0 Å². The van der Waals surface area contributed by atoms with Crippen LogP contribution < -0.4 is 0 Å². The molecule has 1 fully saturated rings. The van der Waals surface area contributed by atoms with Gasteiger partial charge in [-0.2, -0.15) is 0 Å². The first kappa shape index (κ1) is 14.0. The number of aryl methyl sites for hydroxylation is 1. The SMILES string of the molecule is OCc1ncc(CN2CCC3(CCc4ccccc43)CC2)o1. The summed E-state index contributed by atoms with van der Waals surface area (Å²) in [4.78, 5) is 6.50. The molecule has 2 aromatic rings. The number of oxazole rings is 1. The summed E-state index contributed by atoms with van der Waals surface area (Å²) in [5.41, 5.74) is 3.56. The van der Waals surface area contributed by atoms with E-state index in [1.54, 1.807) is 17.3 Å². The van der Waals surface area contributed by atoms with Gasteiger partial charge in [0.25, 0.3) is 0 Å². The minimum absolute atomic E-state index is 0.125. The zero-order valence-corrected chi connectivity index (χ0v) is 12.8. The van der Waals surface area contributed by atoms with Crippen molar-refractivity contribution in [3.63, 3.8) is 0 Å². The highest BCUT2D eigenvalue weighted by Crippen LogP contribution is 2.46. The molecule has 116 valence electrons. The fourth-order valence-electron chi connectivity index (χ4n) is 4.14. The maximum Gasteiger partial charge on any atom is 0.220 e. The lowest BCUT2D eigenvalue weighted by Crippen LogP contribution is -2.41. The molecule has 0 saturated carbocycles. The van der Waals surface area contributed by atoms with Crippen LogP contribution in [0.15, 0.2) is 34.9 Å². The van der Waals surface area contributed by atoms with E-state index in [-0.39, 0.29) is 6.61 Å². The zero-order valence-electron chi connectivity index (χ0n) is 12.8. The van der Waals surface area contributed by atoms with Crippen LogP contribution in [0.4, 0.5) is 0 Å². The van der Waals surface area contributed by atoms with E-state index in [0.29, 0.717) is 11.3 Å². The van der Waals surface area contributed by atoms with E-state index in [1.165, 1.54) is 25.7 Å². The summed E-state index contributed by atoms with van der Waals surface area (Å²) < 4.78 is 5.51. The number of rotatable bonds is 3. The van der Waals surface area contributed by atoms with Crippen LogP contribution in [0.1, 0.15) is 42.0 Å². The van der Waals surface area contributed by atoms with Gasteiger partial charge in [-0.05, 0) is 55.3 Å². The molecule has 0 unspecified atom stereocenters. The summed E-state index contributed by atoms with van der Waals surface area (Å²) >= 11 is 0. The van der Waals surface area contributed by atoms with Gasteiger partial charge in [-0.25, -0.2) is 4.98 Å². The summed E-state index contributed by atoms with van der Waals surface area (Å²) in [6, 6.07) is 8.97. The van der Waals surface area contributed by atoms with Gasteiger partial charge in [0.2, 0.25) is 5.89 Å². The van der Waals surface area contributed by atoms with E-state index in [0.717, 1.165) is 25.4 Å². The molecule has 1 aliphatic heterocycles. The van der Waals surface area contributed by atoms with Crippen molar-refractivity contribution in [3.8, 4) is 0 Å². The molecule has 22 heavy (non-hydrogen) atoms. The van der Waals surface area contributed by atoms with Crippen LogP contribution >= 0.6 is 0 Å². The molecule has 1 aromatic carbocycles. The first-order chi connectivity index (χ1) is 10.8. The quantitative estimate of drug-likeness (QED) is 0.946. The number of aliphatic hydroxyl groups is 1. The minimum Gasteiger partial charge on any atom is -0.442 e. The number of fused-ring (bicyclic) bond motifs is 2. The average Bonchev–Trinajstić information content (AvgIpc) is 3.16. The van der Waals surface area contributed by atoms with Gasteiger partial charge >= 0.3 is 0 Å². The highest BCUT2D eigenvalue weighted by molar-refractivity contribution is 5.39. The normalized spacial score (nSPS) is 20.4. The molecule has 0 bridgehead atoms. The van der Waals surface area contributed by atoms with E-state index < -0.39 is 0 Å². The minimum atomic E-state index is -0.125. The molecule has 2 heterocycles. The van der Waals surface area contributed by atoms with Crippen LogP contribution in [0, 0.1) is 0 Å². The molecule has 0 radical (unpaired) electrons. The number of benzene rings is 1. The van der Waals surface area contributed by atoms with Crippen molar-refractivity contribution >= 4 is 0 Å². The number of aromatic nitrogens is 1. The van der Waals surface area contributed by atoms with Crippen LogP contribution in [-0.4, -0.2) is 28.1 Å². The third kappa shape index (κ3) is 2.36. The van der Waals surface area contributed by atoms with E-state index in [2.05, 4.69) is 34.1 Å². The maximum atomic E-state index is 9.02. The first-order valence-corrected chi connectivity index (χ1v) is 8.14. The van der Waals surface area contributed by atoms with Crippen LogP contribution in [-0.2, 0) is 25.0 Å². The molecular formula is C18H22N2O2. The lowest BCUT2D eigenvalue weighted by atomic mass is 9.74. The van der Waals surface area contributed by atoms with Gasteiger partial charge in [-0.15, -0.1) is 0 Å². The van der Waals surface area contributed by atoms with Gasteiger partial charge in [0.15, 0.2) is 0 Å². The summed E-state index contributed by atoms with van der Waals surface area (Å²) in [6.45, 7) is 2.87. The number of nitrogens with zero attached hydrogens (tertiary/aromatic N) is 2. The van der Waals surface area contributed by atoms with Crippen molar-refractivity contribution in [3.05, 3.63) is 53.2 Å². The Hall–Kier alpha value is -1.65. The topological polar surface area (TPSA) is 49.5 Å². The number of piperidine rings is 1. The first-order valence-electron chi connectivity index (χ1n) is 8.14. The van der Waals surface area contributed by atoms with E-state index in [1.807, 2.05) is 0 Å². The van der Waals surface area contributed by atoms with Crippen LogP contribution in [0.3, 0.4) is 0 Å². The molecule has 0 amide bonds. The summed E-state index contributed by atoms with van der Waals surface area (Å²) in [5, 5.41) is 9.02. The molecule has 0 atom stereocenters. The fraction of sp³-hybridized carbons (Fsp3) is 0.500. The number of hydrogen-bond donors (Lipinski definition) is 1. The lowest BCUT2D eigenvalue weighted by Gasteiger charge is -2.39. The van der Waals surface area contributed by atoms with Crippen LogP contribution in [0.25, 0.3) is 0 Å². The molecule has 1 aromatic heterocycles. The van der Waals surface area contributed by atoms with Gasteiger partial charge < -0.3 is 9.52 Å². The van der Waals surface area contributed by atoms with E-state index in [9.17, 15) is 0 Å². The van der Waals surface area contributed by atoms with Gasteiger partial charge in [0, 0.05) is 0 Å². The molecule has 1 saturated heterocycles. The molecular weight excluding hydrogens is 276 g/mol. The highest BCUT2D eigenvalue weighted by atomic mass is 16.4. The second kappa shape index (κ2) is 5.52. The van der Waals surface area contributed by atoms with E-state index >= 15 is 0 Å². The standard InChI is InChI=1S/C18H22N2O2/c21-13-17-19-11-15(22-17)12-20-9-7-18(8-10-20)6-5-14-3-1-2-4-16(14)18/h1-4,11,21H,5-10,12-13H2. The summed E-state index contributed by atoms with van der Waals surface area (Å²) in [6.07, 6.45) is 6.73. The second-order valence-electron chi connectivity index (χ2n) is 6.59. The van der Waals surface area contributed by atoms with Crippen molar-refractivity contribution in [2.24, 2.45) is 0 Å². The van der Waals surface area contributed by atoms with Crippen molar-refractivity contribution in [1.82, 2.24) is 9.88 Å². The molecule has 1 spiro atoms. The second-order valence-corrected chi connectivity index (χ2v) is 6.59. The Morgan fingerprint density at radius 1 is 1.18 bits per heavy atom. The average molecular weight is 298 g/mol. The van der Waals surface area contributed by atoms with Crippen LogP contribution in [0.2, 0.25) is 0 Å². The Morgan fingerprint density at radius 3 is 2.77 bits per heavy atom. The Balaban J connectivity index is 1.43. The zero-order chi connectivity index (χ0) is 15.0. The summed E-state index contributed by atoms with van der Waals surface area (Å²) in [7, 11) is 0. The van der Waals surface area contributed by atoms with E-state index in [4.69, 9.17) is 9.52 Å². The fourth-order valence-corrected chi connectivity index (χ4v) is 4.14. The van der Waals surface area contributed by atoms with Gasteiger partial charge in [-0.3, -0.25) is 4.90 Å². The Morgan fingerprint density at radius 2 is 2.00 bits per heavy atom. The molecule has 2 aliphatic rings. The molecule has 4 rings (SSSR count). The largest absolute Gasteiger partial charge is 0.442 e. The van der Waals surface area contributed by atoms with Crippen molar-refractivity contribution in [1.29, 1.82) is 0 Å². The molecule has 1 aliphatic carbocycles. The molecule has 4 nitrogen and oxygen atoms in total. The maximum absolute atomic E-state index is 9.02. The lowest BCUT2D eigenvalue weighted by molar-refractivity contribution is 0.141. The predicted molar refractivity (Wildman–Crippen MR) is 83.4 cm³/mol. The Bertz CT molecular complexity index is 657. The van der Waals surface area contributed by atoms with Gasteiger partial charge in [0.1, 0.15) is 12.4 Å². The monoisotopic (exact) mass is 298 g/mol. The third-order valence-electron chi connectivity index (χ3n) is 5.39. The van der Waals surface area contributed by atoms with Crippen molar-refractivity contribution < 1.29 is 9.52 Å². The third-order valence-corrected chi connectivity index (χ3v) is 5.39. The molecule has 4 heteroatoms. The summed E-state index contributed by atoms with van der Waals surface area (Å²) in [5.74, 6) is 1.26. The smallest absolute Gasteiger partial charge is 0.220 e. The van der Waals surface area contributed by atoms with Gasteiger partial charge in [0.05, 0.1) is 12.7 Å².